The van der Waals surface area contributed by atoms with Crippen molar-refractivity contribution >= 4 is 27.6 Å². The van der Waals surface area contributed by atoms with Crippen molar-refractivity contribution in [3.63, 3.8) is 0 Å². The van der Waals surface area contributed by atoms with E-state index in [-0.39, 0.29) is 15.7 Å². The first-order chi connectivity index (χ1) is 9.87. The van der Waals surface area contributed by atoms with Gasteiger partial charge in [0, 0.05) is 0 Å². The molecule has 0 aliphatic carbocycles. The molecular formula is C13H6BrFN4O2. The van der Waals surface area contributed by atoms with E-state index in [2.05, 4.69) is 21.2 Å². The Morgan fingerprint density at radius 2 is 1.90 bits per heavy atom. The summed E-state index contributed by atoms with van der Waals surface area (Å²) >= 11 is 2.82. The average molecular weight is 349 g/mol. The van der Waals surface area contributed by atoms with Crippen molar-refractivity contribution in [3.8, 4) is 18.2 Å². The predicted octanol–water partition coefficient (Wildman–Crippen LogP) is 2.83. The summed E-state index contributed by atoms with van der Waals surface area (Å²) in [6.45, 7) is 1.43. The number of allylic oxidation sites excluding steroid dienone is 2. The highest BCUT2D eigenvalue weighted by atomic mass is 79.9. The molecule has 21 heavy (non-hydrogen) atoms. The molecule has 0 unspecified atom stereocenters. The predicted molar refractivity (Wildman–Crippen MR) is 73.3 cm³/mol. The van der Waals surface area contributed by atoms with Crippen LogP contribution in [0.25, 0.3) is 0 Å². The Morgan fingerprint density at radius 3 is 2.33 bits per heavy atom. The van der Waals surface area contributed by atoms with E-state index in [9.17, 15) is 9.18 Å². The summed E-state index contributed by atoms with van der Waals surface area (Å²) in [5.74, 6) is -2.21. The zero-order valence-corrected chi connectivity index (χ0v) is 12.1. The van der Waals surface area contributed by atoms with E-state index in [1.165, 1.54) is 19.1 Å². The Bertz CT molecular complexity index is 765. The van der Waals surface area contributed by atoms with Gasteiger partial charge in [0.25, 0.3) is 0 Å². The van der Waals surface area contributed by atoms with Gasteiger partial charge in [0.2, 0.25) is 0 Å². The molecule has 0 aliphatic rings. The molecule has 0 atom stereocenters. The van der Waals surface area contributed by atoms with E-state index in [1.807, 2.05) is 0 Å². The monoisotopic (exact) mass is 348 g/mol. The van der Waals surface area contributed by atoms with E-state index >= 15 is 0 Å². The molecule has 104 valence electrons. The lowest BCUT2D eigenvalue weighted by atomic mass is 10.1. The summed E-state index contributed by atoms with van der Waals surface area (Å²) in [6, 6.07) is 5.70. The molecule has 1 rings (SSSR count). The third-order valence-corrected chi connectivity index (χ3v) is 3.24. The van der Waals surface area contributed by atoms with Crippen LogP contribution in [-0.4, -0.2) is 11.1 Å². The van der Waals surface area contributed by atoms with Crippen LogP contribution in [-0.2, 0) is 0 Å². The molecule has 0 radical (unpaired) electrons. The van der Waals surface area contributed by atoms with Crippen molar-refractivity contribution in [2.24, 2.45) is 0 Å². The largest absolute Gasteiger partial charge is 0.478 e. The first-order valence-electron chi connectivity index (χ1n) is 5.30. The minimum absolute atomic E-state index is 0.0738. The summed E-state index contributed by atoms with van der Waals surface area (Å²) in [5.41, 5.74) is -1.22. The SMILES string of the molecule is Cc1cc(F)c(Br)c(C(=O)O)c1NC(C#N)=C(C#N)C#N. The Hall–Kier alpha value is -2.89. The Labute approximate surface area is 127 Å². The summed E-state index contributed by atoms with van der Waals surface area (Å²) in [4.78, 5) is 11.3. The third kappa shape index (κ3) is 3.17. The minimum Gasteiger partial charge on any atom is -0.478 e. The van der Waals surface area contributed by atoms with E-state index in [4.69, 9.17) is 20.9 Å². The highest BCUT2D eigenvalue weighted by Crippen LogP contribution is 2.32. The Morgan fingerprint density at radius 1 is 1.33 bits per heavy atom. The average Bonchev–Trinajstić information content (AvgIpc) is 2.43. The van der Waals surface area contributed by atoms with Crippen LogP contribution in [0.3, 0.4) is 0 Å². The summed E-state index contributed by atoms with van der Waals surface area (Å²) in [6.07, 6.45) is 0. The third-order valence-electron chi connectivity index (χ3n) is 2.47. The lowest BCUT2D eigenvalue weighted by molar-refractivity contribution is 0.0696. The molecular weight excluding hydrogens is 343 g/mol. The number of aryl methyl sites for hydroxylation is 1. The molecule has 8 heteroatoms. The molecule has 1 aromatic carbocycles. The first-order valence-corrected chi connectivity index (χ1v) is 6.10. The van der Waals surface area contributed by atoms with Crippen molar-refractivity contribution in [1.29, 1.82) is 15.8 Å². The number of nitrogens with zero attached hydrogens (tertiary/aromatic N) is 3. The molecule has 0 bridgehead atoms. The van der Waals surface area contributed by atoms with Crippen LogP contribution in [0.2, 0.25) is 0 Å². The second-order valence-electron chi connectivity index (χ2n) is 3.75. The van der Waals surface area contributed by atoms with Gasteiger partial charge >= 0.3 is 5.97 Å². The lowest BCUT2D eigenvalue weighted by Crippen LogP contribution is -2.10. The van der Waals surface area contributed by atoms with Crippen molar-refractivity contribution in [3.05, 3.63) is 38.8 Å². The van der Waals surface area contributed by atoms with Gasteiger partial charge in [-0.15, -0.1) is 0 Å². The fourth-order valence-corrected chi connectivity index (χ4v) is 2.00. The van der Waals surface area contributed by atoms with Crippen molar-refractivity contribution < 1.29 is 14.3 Å². The number of carboxylic acids is 1. The van der Waals surface area contributed by atoms with Gasteiger partial charge in [-0.05, 0) is 34.5 Å². The highest BCUT2D eigenvalue weighted by Gasteiger charge is 2.22. The molecule has 0 saturated carbocycles. The van der Waals surface area contributed by atoms with Gasteiger partial charge in [-0.25, -0.2) is 9.18 Å². The standard InChI is InChI=1S/C13H6BrFN4O2/c1-6-2-8(15)11(14)10(13(20)21)12(6)19-9(5-18)7(3-16)4-17/h2,19H,1H3,(H,20,21). The molecule has 6 nitrogen and oxygen atoms in total. The molecule has 0 spiro atoms. The number of anilines is 1. The zero-order chi connectivity index (χ0) is 16.2. The summed E-state index contributed by atoms with van der Waals surface area (Å²) < 4.78 is 13.3. The Balaban J connectivity index is 3.61. The maximum atomic E-state index is 13.6. The van der Waals surface area contributed by atoms with Crippen molar-refractivity contribution in [1.82, 2.24) is 0 Å². The first kappa shape index (κ1) is 16.2. The Kier molecular flexibility index (Phi) is 5.01. The van der Waals surface area contributed by atoms with Crippen LogP contribution in [0, 0.1) is 46.7 Å². The topological polar surface area (TPSA) is 121 Å². The molecule has 0 amide bonds. The van der Waals surface area contributed by atoms with Gasteiger partial charge in [0.1, 0.15) is 35.3 Å². The molecule has 1 aromatic rings. The maximum absolute atomic E-state index is 13.6. The van der Waals surface area contributed by atoms with Crippen LogP contribution in [0.1, 0.15) is 15.9 Å². The normalized spacial score (nSPS) is 8.95. The van der Waals surface area contributed by atoms with Crippen molar-refractivity contribution in [2.75, 3.05) is 5.32 Å². The second kappa shape index (κ2) is 6.51. The zero-order valence-electron chi connectivity index (χ0n) is 10.5. The number of aromatic carboxylic acids is 1. The van der Waals surface area contributed by atoms with E-state index in [1.54, 1.807) is 6.07 Å². The number of rotatable bonds is 3. The summed E-state index contributed by atoms with van der Waals surface area (Å²) in [7, 11) is 0. The molecule has 0 aliphatic heterocycles. The molecule has 0 aromatic heterocycles. The molecule has 0 heterocycles. The number of nitriles is 3. The second-order valence-corrected chi connectivity index (χ2v) is 4.55. The van der Waals surface area contributed by atoms with Crippen molar-refractivity contribution in [2.45, 2.75) is 6.92 Å². The van der Waals surface area contributed by atoms with Gasteiger partial charge in [-0.2, -0.15) is 15.8 Å². The fourth-order valence-electron chi connectivity index (χ4n) is 1.52. The molecule has 2 N–H and O–H groups in total. The number of halogens is 2. The number of nitrogens with one attached hydrogen (secondary N) is 1. The minimum atomic E-state index is -1.43. The highest BCUT2D eigenvalue weighted by molar-refractivity contribution is 9.10. The van der Waals surface area contributed by atoms with Gasteiger partial charge in [-0.3, -0.25) is 0 Å². The lowest BCUT2D eigenvalue weighted by Gasteiger charge is -2.14. The quantitative estimate of drug-likeness (QED) is 0.810. The molecule has 0 fully saturated rings. The fraction of sp³-hybridized carbons (Fsp3) is 0.0769. The number of carboxylic acid groups (broad SMARTS) is 1. The van der Waals surface area contributed by atoms with Gasteiger partial charge in [-0.1, -0.05) is 0 Å². The van der Waals surface area contributed by atoms with Crippen LogP contribution in [0.15, 0.2) is 21.8 Å². The smallest absolute Gasteiger partial charge is 0.339 e. The summed E-state index contributed by atoms with van der Waals surface area (Å²) in [5, 5.41) is 38.0. The number of hydrogen-bond donors (Lipinski definition) is 2. The van der Waals surface area contributed by atoms with Gasteiger partial charge < -0.3 is 10.4 Å². The van der Waals surface area contributed by atoms with Gasteiger partial charge in [0.15, 0.2) is 5.57 Å². The van der Waals surface area contributed by atoms with E-state index in [0.29, 0.717) is 0 Å². The number of benzene rings is 1. The number of carbonyl (C=O) groups is 1. The van der Waals surface area contributed by atoms with Crippen LogP contribution in [0.5, 0.6) is 0 Å². The van der Waals surface area contributed by atoms with Crippen LogP contribution >= 0.6 is 15.9 Å². The van der Waals surface area contributed by atoms with Crippen LogP contribution in [0.4, 0.5) is 10.1 Å². The van der Waals surface area contributed by atoms with Gasteiger partial charge in [0.05, 0.1) is 10.2 Å². The van der Waals surface area contributed by atoms with E-state index < -0.39 is 28.6 Å². The van der Waals surface area contributed by atoms with Crippen LogP contribution < -0.4 is 5.32 Å². The molecule has 0 saturated heterocycles. The maximum Gasteiger partial charge on any atom is 0.339 e. The number of hydrogen-bond acceptors (Lipinski definition) is 5. The van der Waals surface area contributed by atoms with E-state index in [0.717, 1.165) is 6.07 Å².